The van der Waals surface area contributed by atoms with Crippen LogP contribution in [0.25, 0.3) is 0 Å². The van der Waals surface area contributed by atoms with Gasteiger partial charge in [-0.2, -0.15) is 0 Å². The molecule has 214 valence electrons. The number of carbonyl (C=O) groups is 2. The molecule has 0 aliphatic heterocycles. The van der Waals surface area contributed by atoms with Crippen molar-refractivity contribution in [3.63, 3.8) is 0 Å². The fourth-order valence-electron chi connectivity index (χ4n) is 6.50. The maximum absolute atomic E-state index is 13.5. The van der Waals surface area contributed by atoms with E-state index in [2.05, 4.69) is 10.6 Å². The van der Waals surface area contributed by atoms with Crippen molar-refractivity contribution in [2.45, 2.75) is 141 Å². The number of hydrogen-bond acceptors (Lipinski definition) is 5. The Labute approximate surface area is 224 Å². The summed E-state index contributed by atoms with van der Waals surface area (Å²) in [4.78, 5) is 26.3. The maximum atomic E-state index is 13.5. The van der Waals surface area contributed by atoms with Crippen LogP contribution in [0.4, 0.5) is 0 Å². The van der Waals surface area contributed by atoms with E-state index in [4.69, 9.17) is 0 Å². The van der Waals surface area contributed by atoms with E-state index in [1.807, 2.05) is 13.8 Å². The van der Waals surface area contributed by atoms with Crippen molar-refractivity contribution in [2.75, 3.05) is 6.54 Å². The molecule has 0 saturated heterocycles. The molecule has 0 unspecified atom stereocenters. The van der Waals surface area contributed by atoms with Gasteiger partial charge >= 0.3 is 0 Å². The Morgan fingerprint density at radius 2 is 1.41 bits per heavy atom. The van der Waals surface area contributed by atoms with Crippen LogP contribution in [0.3, 0.4) is 0 Å². The van der Waals surface area contributed by atoms with Gasteiger partial charge in [0.2, 0.25) is 11.8 Å². The van der Waals surface area contributed by atoms with E-state index in [0.717, 1.165) is 51.4 Å². The predicted molar refractivity (Wildman–Crippen MR) is 146 cm³/mol. The second-order valence-electron chi connectivity index (χ2n) is 12.9. The van der Waals surface area contributed by atoms with E-state index in [-0.39, 0.29) is 36.6 Å². The molecule has 3 aliphatic carbocycles. The lowest BCUT2D eigenvalue weighted by atomic mass is 9.82. The smallest absolute Gasteiger partial charge is 0.223 e. The Morgan fingerprint density at radius 1 is 0.811 bits per heavy atom. The zero-order valence-electron chi connectivity index (χ0n) is 23.4. The minimum absolute atomic E-state index is 0.0977. The fraction of sp³-hybridized carbons (Fsp3) is 0.933. The van der Waals surface area contributed by atoms with Gasteiger partial charge in [-0.05, 0) is 55.8 Å². The van der Waals surface area contributed by atoms with E-state index in [0.29, 0.717) is 31.1 Å². The number of nitrogens with one attached hydrogen (secondary N) is 2. The molecule has 3 fully saturated rings. The third-order valence-corrected chi connectivity index (χ3v) is 8.98. The normalized spacial score (nSPS) is 23.7. The molecule has 5 atom stereocenters. The van der Waals surface area contributed by atoms with Gasteiger partial charge in [0, 0.05) is 18.9 Å². The highest BCUT2D eigenvalue weighted by Crippen LogP contribution is 2.37. The highest BCUT2D eigenvalue weighted by atomic mass is 16.3. The topological polar surface area (TPSA) is 119 Å². The van der Waals surface area contributed by atoms with Crippen LogP contribution in [-0.4, -0.2) is 58.0 Å². The first-order valence-electron chi connectivity index (χ1n) is 15.3. The minimum atomic E-state index is -1.02. The lowest BCUT2D eigenvalue weighted by Gasteiger charge is -2.33. The van der Waals surface area contributed by atoms with E-state index < -0.39 is 30.3 Å². The number of amides is 2. The Balaban J connectivity index is 1.58. The quantitative estimate of drug-likeness (QED) is 0.222. The first kappa shape index (κ1) is 30.4. The summed E-state index contributed by atoms with van der Waals surface area (Å²) in [5, 5.41) is 38.2. The fourth-order valence-corrected chi connectivity index (χ4v) is 6.50. The van der Waals surface area contributed by atoms with Crippen LogP contribution in [0.1, 0.15) is 117 Å². The second-order valence-corrected chi connectivity index (χ2v) is 12.9. The first-order valence-corrected chi connectivity index (χ1v) is 15.3. The molecule has 2 amide bonds. The van der Waals surface area contributed by atoms with Crippen molar-refractivity contribution in [1.82, 2.24) is 10.6 Å². The summed E-state index contributed by atoms with van der Waals surface area (Å²) in [6, 6.07) is -0.512. The Kier molecular flexibility index (Phi) is 12.7. The molecule has 0 heterocycles. The second kappa shape index (κ2) is 15.4. The van der Waals surface area contributed by atoms with Gasteiger partial charge in [0.15, 0.2) is 0 Å². The Hall–Kier alpha value is -1.18. The molecule has 7 nitrogen and oxygen atoms in total. The molecular weight excluding hydrogens is 468 g/mol. The third kappa shape index (κ3) is 10.8. The van der Waals surface area contributed by atoms with Gasteiger partial charge in [-0.25, -0.2) is 0 Å². The summed E-state index contributed by atoms with van der Waals surface area (Å²) in [5.41, 5.74) is 0. The molecule has 5 N–H and O–H groups in total. The number of carbonyl (C=O) groups excluding carboxylic acids is 2. The van der Waals surface area contributed by atoms with Crippen LogP contribution in [0.5, 0.6) is 0 Å². The van der Waals surface area contributed by atoms with Crippen LogP contribution < -0.4 is 10.6 Å². The minimum Gasteiger partial charge on any atom is -0.391 e. The third-order valence-electron chi connectivity index (χ3n) is 8.98. The standard InChI is InChI=1S/C30H54N2O5/c1-20(2)15-26(33)29(36)25(17-21-9-5-3-6-10-21)32-30(37)24(16-22-13-14-22)18-28(35)31-19-27(34)23-11-7-4-8-12-23/h20-27,29,33-34,36H,3-19H2,1-2H3,(H,31,35)(H,32,37)/t24-,25+,26+,27-,29-/m1/s1. The van der Waals surface area contributed by atoms with Gasteiger partial charge in [0.05, 0.1) is 18.2 Å². The van der Waals surface area contributed by atoms with Crippen LogP contribution in [0.15, 0.2) is 0 Å². The van der Waals surface area contributed by atoms with Crippen molar-refractivity contribution in [3.8, 4) is 0 Å². The van der Waals surface area contributed by atoms with Gasteiger partial charge in [0.1, 0.15) is 6.10 Å². The summed E-state index contributed by atoms with van der Waals surface area (Å²) in [5.74, 6) is 0.565. The molecular formula is C30H54N2O5. The average molecular weight is 523 g/mol. The summed E-state index contributed by atoms with van der Waals surface area (Å²) in [6.45, 7) is 4.27. The van der Waals surface area contributed by atoms with Gasteiger partial charge in [-0.3, -0.25) is 9.59 Å². The Morgan fingerprint density at radius 3 is 2.00 bits per heavy atom. The van der Waals surface area contributed by atoms with Gasteiger partial charge in [0.25, 0.3) is 0 Å². The van der Waals surface area contributed by atoms with Crippen molar-refractivity contribution in [1.29, 1.82) is 0 Å². The molecule has 37 heavy (non-hydrogen) atoms. The van der Waals surface area contributed by atoms with E-state index >= 15 is 0 Å². The molecule has 3 rings (SSSR count). The number of aliphatic hydroxyl groups excluding tert-OH is 3. The van der Waals surface area contributed by atoms with Crippen molar-refractivity contribution in [3.05, 3.63) is 0 Å². The van der Waals surface area contributed by atoms with E-state index in [1.54, 1.807) is 0 Å². The van der Waals surface area contributed by atoms with Crippen LogP contribution in [0, 0.1) is 29.6 Å². The zero-order valence-corrected chi connectivity index (χ0v) is 23.4. The van der Waals surface area contributed by atoms with Crippen LogP contribution in [0.2, 0.25) is 0 Å². The largest absolute Gasteiger partial charge is 0.391 e. The monoisotopic (exact) mass is 522 g/mol. The van der Waals surface area contributed by atoms with Crippen molar-refractivity contribution >= 4 is 11.8 Å². The summed E-state index contributed by atoms with van der Waals surface area (Å²) >= 11 is 0. The van der Waals surface area contributed by atoms with Crippen molar-refractivity contribution < 1.29 is 24.9 Å². The number of aliphatic hydroxyl groups is 3. The lowest BCUT2D eigenvalue weighted by molar-refractivity contribution is -0.132. The van der Waals surface area contributed by atoms with Crippen LogP contribution in [-0.2, 0) is 9.59 Å². The summed E-state index contributed by atoms with van der Waals surface area (Å²) in [6.07, 6.45) is 12.9. The molecule has 0 aromatic heterocycles. The molecule has 0 radical (unpaired) electrons. The molecule has 3 aliphatic rings. The predicted octanol–water partition coefficient (Wildman–Crippen LogP) is 4.07. The van der Waals surface area contributed by atoms with Gasteiger partial charge in [-0.15, -0.1) is 0 Å². The SMILES string of the molecule is CC(C)C[C@H](O)[C@H](O)[C@H](CC1CCCCC1)NC(=O)[C@@H](CC(=O)NC[C@@H](O)C1CCCCC1)CC1CC1. The van der Waals surface area contributed by atoms with Gasteiger partial charge < -0.3 is 26.0 Å². The average Bonchev–Trinajstić information content (AvgIpc) is 3.71. The summed E-state index contributed by atoms with van der Waals surface area (Å²) < 4.78 is 0. The molecule has 3 saturated carbocycles. The molecule has 0 aromatic carbocycles. The summed E-state index contributed by atoms with van der Waals surface area (Å²) in [7, 11) is 0. The molecule has 7 heteroatoms. The number of hydrogen-bond donors (Lipinski definition) is 5. The number of rotatable bonds is 15. The highest BCUT2D eigenvalue weighted by Gasteiger charge is 2.35. The lowest BCUT2D eigenvalue weighted by Crippen LogP contribution is -2.51. The molecule has 0 spiro atoms. The molecule has 0 aromatic rings. The Bertz CT molecular complexity index is 685. The maximum Gasteiger partial charge on any atom is 0.223 e. The van der Waals surface area contributed by atoms with Crippen molar-refractivity contribution in [2.24, 2.45) is 29.6 Å². The van der Waals surface area contributed by atoms with E-state index in [1.165, 1.54) is 25.7 Å². The van der Waals surface area contributed by atoms with Crippen LogP contribution >= 0.6 is 0 Å². The zero-order chi connectivity index (χ0) is 26.8. The van der Waals surface area contributed by atoms with E-state index in [9.17, 15) is 24.9 Å². The molecule has 0 bridgehead atoms. The van der Waals surface area contributed by atoms with Gasteiger partial charge in [-0.1, -0.05) is 78.1 Å². The highest BCUT2D eigenvalue weighted by molar-refractivity contribution is 5.86. The first-order chi connectivity index (χ1) is 17.7.